The lowest BCUT2D eigenvalue weighted by Crippen LogP contribution is -2.21. The van der Waals surface area contributed by atoms with Gasteiger partial charge < -0.3 is 10.1 Å². The van der Waals surface area contributed by atoms with Crippen LogP contribution in [0.2, 0.25) is 0 Å². The maximum Gasteiger partial charge on any atom is 0.124 e. The molecule has 1 aliphatic heterocycles. The lowest BCUT2D eigenvalue weighted by molar-refractivity contribution is 0.311. The molecule has 0 radical (unpaired) electrons. The van der Waals surface area contributed by atoms with Crippen molar-refractivity contribution in [1.29, 1.82) is 0 Å². The molecular formula is C17H15NOS. The van der Waals surface area contributed by atoms with Gasteiger partial charge in [0.25, 0.3) is 0 Å². The Bertz CT molecular complexity index is 749. The predicted molar refractivity (Wildman–Crippen MR) is 83.3 cm³/mol. The van der Waals surface area contributed by atoms with E-state index in [4.69, 9.17) is 4.74 Å². The van der Waals surface area contributed by atoms with E-state index in [9.17, 15) is 0 Å². The monoisotopic (exact) mass is 281 g/mol. The number of hydrogen-bond donors (Lipinski definition) is 1. The summed E-state index contributed by atoms with van der Waals surface area (Å²) < 4.78 is 7.06. The molecule has 0 fully saturated rings. The van der Waals surface area contributed by atoms with Gasteiger partial charge in [0, 0.05) is 16.8 Å². The van der Waals surface area contributed by atoms with Crippen LogP contribution in [0, 0.1) is 0 Å². The Hall–Kier alpha value is -1.84. The van der Waals surface area contributed by atoms with E-state index in [-0.39, 0.29) is 0 Å². The van der Waals surface area contributed by atoms with Crippen LogP contribution in [0.4, 0.5) is 0 Å². The van der Waals surface area contributed by atoms with Crippen molar-refractivity contribution in [3.8, 4) is 5.75 Å². The quantitative estimate of drug-likeness (QED) is 0.779. The zero-order valence-electron chi connectivity index (χ0n) is 11.0. The van der Waals surface area contributed by atoms with Gasteiger partial charge >= 0.3 is 0 Å². The highest BCUT2D eigenvalue weighted by molar-refractivity contribution is 7.17. The Balaban J connectivity index is 1.54. The number of thiophene rings is 1. The van der Waals surface area contributed by atoms with E-state index in [1.807, 2.05) is 23.5 Å². The molecule has 0 amide bonds. The van der Waals surface area contributed by atoms with Gasteiger partial charge in [-0.15, -0.1) is 11.3 Å². The smallest absolute Gasteiger partial charge is 0.124 e. The van der Waals surface area contributed by atoms with Gasteiger partial charge in [-0.3, -0.25) is 0 Å². The van der Waals surface area contributed by atoms with Crippen LogP contribution >= 0.6 is 11.3 Å². The van der Waals surface area contributed by atoms with Crippen LogP contribution in [-0.4, -0.2) is 6.61 Å². The van der Waals surface area contributed by atoms with E-state index in [0.29, 0.717) is 6.04 Å². The standard InChI is InChI=1S/C17H15NOS/c1-3-7-16-14(6-1)15(10-19-16)18-9-12-11-20-17-8-4-2-5-13(12)17/h1-8,11,15,18H,9-10H2. The van der Waals surface area contributed by atoms with Crippen molar-refractivity contribution >= 4 is 21.4 Å². The minimum Gasteiger partial charge on any atom is -0.491 e. The molecule has 1 atom stereocenters. The van der Waals surface area contributed by atoms with Crippen molar-refractivity contribution in [3.05, 3.63) is 65.0 Å². The fraction of sp³-hybridized carbons (Fsp3) is 0.176. The summed E-state index contributed by atoms with van der Waals surface area (Å²) in [7, 11) is 0. The first-order valence-electron chi connectivity index (χ1n) is 6.82. The van der Waals surface area contributed by atoms with Crippen LogP contribution in [0.3, 0.4) is 0 Å². The third-order valence-electron chi connectivity index (χ3n) is 3.80. The van der Waals surface area contributed by atoms with Gasteiger partial charge in [0.1, 0.15) is 12.4 Å². The normalized spacial score (nSPS) is 17.1. The number of para-hydroxylation sites is 1. The van der Waals surface area contributed by atoms with E-state index in [2.05, 4.69) is 47.1 Å². The minimum atomic E-state index is 0.296. The number of nitrogens with one attached hydrogen (secondary N) is 1. The molecule has 2 aromatic carbocycles. The summed E-state index contributed by atoms with van der Waals surface area (Å²) in [5.41, 5.74) is 2.64. The summed E-state index contributed by atoms with van der Waals surface area (Å²) in [6, 6.07) is 17.1. The van der Waals surface area contributed by atoms with Crippen molar-refractivity contribution < 1.29 is 4.74 Å². The van der Waals surface area contributed by atoms with Crippen LogP contribution in [0.15, 0.2) is 53.9 Å². The Morgan fingerprint density at radius 2 is 1.95 bits per heavy atom. The first-order valence-corrected chi connectivity index (χ1v) is 7.70. The molecule has 0 aliphatic carbocycles. The fourth-order valence-electron chi connectivity index (χ4n) is 2.73. The van der Waals surface area contributed by atoms with Crippen molar-refractivity contribution in [1.82, 2.24) is 5.32 Å². The Kier molecular flexibility index (Phi) is 2.94. The summed E-state index contributed by atoms with van der Waals surface area (Å²) in [5.74, 6) is 1.01. The maximum absolute atomic E-state index is 5.71. The Morgan fingerprint density at radius 1 is 1.10 bits per heavy atom. The molecule has 4 rings (SSSR count). The summed E-state index contributed by atoms with van der Waals surface area (Å²) in [6.45, 7) is 1.60. The number of hydrogen-bond acceptors (Lipinski definition) is 3. The first kappa shape index (κ1) is 11.9. The van der Waals surface area contributed by atoms with Gasteiger partial charge in [0.2, 0.25) is 0 Å². The van der Waals surface area contributed by atoms with Crippen LogP contribution in [0.25, 0.3) is 10.1 Å². The number of fused-ring (bicyclic) bond motifs is 2. The lowest BCUT2D eigenvalue weighted by Gasteiger charge is -2.11. The molecule has 100 valence electrons. The van der Waals surface area contributed by atoms with E-state index < -0.39 is 0 Å². The van der Waals surface area contributed by atoms with E-state index >= 15 is 0 Å². The highest BCUT2D eigenvalue weighted by Crippen LogP contribution is 2.32. The average Bonchev–Trinajstić information content (AvgIpc) is 3.09. The topological polar surface area (TPSA) is 21.3 Å². The van der Waals surface area contributed by atoms with Gasteiger partial charge in [-0.25, -0.2) is 0 Å². The highest BCUT2D eigenvalue weighted by Gasteiger charge is 2.22. The third kappa shape index (κ3) is 1.99. The van der Waals surface area contributed by atoms with Crippen molar-refractivity contribution in [2.24, 2.45) is 0 Å². The zero-order valence-corrected chi connectivity index (χ0v) is 11.8. The molecule has 1 unspecified atom stereocenters. The van der Waals surface area contributed by atoms with Crippen molar-refractivity contribution in [2.75, 3.05) is 6.61 Å². The highest BCUT2D eigenvalue weighted by atomic mass is 32.1. The molecule has 1 N–H and O–H groups in total. The Morgan fingerprint density at radius 3 is 2.95 bits per heavy atom. The molecule has 0 bridgehead atoms. The second kappa shape index (κ2) is 4.93. The summed E-state index contributed by atoms with van der Waals surface area (Å²) in [4.78, 5) is 0. The zero-order chi connectivity index (χ0) is 13.4. The molecular weight excluding hydrogens is 266 g/mol. The Labute approximate surface area is 122 Å². The molecule has 0 saturated heterocycles. The van der Waals surface area contributed by atoms with Crippen LogP contribution in [0.5, 0.6) is 5.75 Å². The molecule has 2 nitrogen and oxygen atoms in total. The van der Waals surface area contributed by atoms with E-state index in [1.54, 1.807) is 0 Å². The molecule has 0 spiro atoms. The van der Waals surface area contributed by atoms with Gasteiger partial charge in [0.15, 0.2) is 0 Å². The molecule has 20 heavy (non-hydrogen) atoms. The third-order valence-corrected chi connectivity index (χ3v) is 4.81. The van der Waals surface area contributed by atoms with E-state index in [0.717, 1.165) is 18.9 Å². The van der Waals surface area contributed by atoms with Gasteiger partial charge in [-0.05, 0) is 28.5 Å². The first-order chi connectivity index (χ1) is 9.92. The van der Waals surface area contributed by atoms with Gasteiger partial charge in [0.05, 0.1) is 6.04 Å². The largest absolute Gasteiger partial charge is 0.491 e. The molecule has 1 aromatic heterocycles. The number of rotatable bonds is 3. The molecule has 2 heterocycles. The van der Waals surface area contributed by atoms with Crippen molar-refractivity contribution in [3.63, 3.8) is 0 Å². The fourth-order valence-corrected chi connectivity index (χ4v) is 3.70. The number of benzene rings is 2. The van der Waals surface area contributed by atoms with Crippen LogP contribution < -0.4 is 10.1 Å². The maximum atomic E-state index is 5.71. The van der Waals surface area contributed by atoms with Gasteiger partial charge in [-0.1, -0.05) is 36.4 Å². The number of ether oxygens (including phenoxy) is 1. The summed E-state index contributed by atoms with van der Waals surface area (Å²) >= 11 is 1.81. The minimum absolute atomic E-state index is 0.296. The molecule has 0 saturated carbocycles. The second-order valence-corrected chi connectivity index (χ2v) is 5.95. The average molecular weight is 281 g/mol. The molecule has 1 aliphatic rings. The van der Waals surface area contributed by atoms with E-state index in [1.165, 1.54) is 21.2 Å². The summed E-state index contributed by atoms with van der Waals surface area (Å²) in [6.07, 6.45) is 0. The van der Waals surface area contributed by atoms with Crippen LogP contribution in [-0.2, 0) is 6.54 Å². The van der Waals surface area contributed by atoms with Gasteiger partial charge in [-0.2, -0.15) is 0 Å². The van der Waals surface area contributed by atoms with Crippen LogP contribution in [0.1, 0.15) is 17.2 Å². The lowest BCUT2D eigenvalue weighted by atomic mass is 10.1. The predicted octanol–water partition coefficient (Wildman–Crippen LogP) is 4.12. The second-order valence-electron chi connectivity index (χ2n) is 5.04. The summed E-state index contributed by atoms with van der Waals surface area (Å²) in [5, 5.41) is 7.22. The molecule has 3 aromatic rings. The molecule has 3 heteroatoms. The SMILES string of the molecule is c1ccc2c(c1)OCC2NCc1csc2ccccc12. The van der Waals surface area contributed by atoms with Crippen molar-refractivity contribution in [2.45, 2.75) is 12.6 Å².